The Morgan fingerprint density at radius 3 is 2.67 bits per heavy atom. The average molecular weight is 427 g/mol. The number of ether oxygens (including phenoxy) is 2. The summed E-state index contributed by atoms with van der Waals surface area (Å²) in [5.74, 6) is -1.23. The summed E-state index contributed by atoms with van der Waals surface area (Å²) >= 11 is 0. The zero-order chi connectivity index (χ0) is 22.1. The van der Waals surface area contributed by atoms with Crippen molar-refractivity contribution in [2.24, 2.45) is 10.7 Å². The van der Waals surface area contributed by atoms with E-state index in [9.17, 15) is 22.4 Å². The van der Waals surface area contributed by atoms with E-state index in [1.54, 1.807) is 0 Å². The minimum atomic E-state index is -4.72. The molecule has 2 aromatic heterocycles. The molecule has 3 heterocycles. The summed E-state index contributed by atoms with van der Waals surface area (Å²) in [5.41, 5.74) is 3.50. The summed E-state index contributed by atoms with van der Waals surface area (Å²) in [6, 6.07) is 3.36. The molecule has 0 spiro atoms. The number of aromatic nitrogens is 2. The first kappa shape index (κ1) is 21.3. The summed E-state index contributed by atoms with van der Waals surface area (Å²) in [7, 11) is 1.44. The van der Waals surface area contributed by atoms with E-state index >= 15 is 0 Å². The zero-order valence-electron chi connectivity index (χ0n) is 15.8. The second-order valence-corrected chi connectivity index (χ2v) is 6.68. The van der Waals surface area contributed by atoms with Gasteiger partial charge in [0, 0.05) is 12.0 Å². The van der Waals surface area contributed by atoms with E-state index in [2.05, 4.69) is 25.0 Å². The fourth-order valence-electron chi connectivity index (χ4n) is 2.94. The zero-order valence-corrected chi connectivity index (χ0v) is 15.8. The van der Waals surface area contributed by atoms with Gasteiger partial charge in [0.15, 0.2) is 6.10 Å². The summed E-state index contributed by atoms with van der Waals surface area (Å²) in [5, 5.41) is 2.47. The lowest BCUT2D eigenvalue weighted by Gasteiger charge is -2.35. The van der Waals surface area contributed by atoms with Gasteiger partial charge in [-0.3, -0.25) is 4.79 Å². The summed E-state index contributed by atoms with van der Waals surface area (Å²) in [6.45, 7) is 1.28. The van der Waals surface area contributed by atoms with Crippen LogP contribution in [-0.4, -0.2) is 41.3 Å². The predicted molar refractivity (Wildman–Crippen MR) is 97.5 cm³/mol. The highest BCUT2D eigenvalue weighted by atomic mass is 19.4. The molecule has 3 N–H and O–H groups in total. The molecule has 0 bridgehead atoms. The predicted octanol–water partition coefficient (Wildman–Crippen LogP) is 2.76. The lowest BCUT2D eigenvalue weighted by molar-refractivity contribution is -0.208. The Balaban J connectivity index is 1.89. The smallest absolute Gasteiger partial charge is 0.425 e. The van der Waals surface area contributed by atoms with Crippen LogP contribution in [0.25, 0.3) is 0 Å². The van der Waals surface area contributed by atoms with Crippen molar-refractivity contribution in [1.29, 1.82) is 0 Å². The fourth-order valence-corrected chi connectivity index (χ4v) is 2.94. The first-order chi connectivity index (χ1) is 14.0. The van der Waals surface area contributed by atoms with Crippen LogP contribution in [-0.2, 0) is 10.3 Å². The molecule has 0 aromatic carbocycles. The molecular weight excluding hydrogens is 410 g/mol. The number of carbonyl (C=O) groups excluding carboxylic acids is 1. The average Bonchev–Trinajstić information content (AvgIpc) is 2.68. The third-order valence-electron chi connectivity index (χ3n) is 4.45. The molecule has 12 heteroatoms. The SMILES string of the molecule is COc1ccc(C(=O)Nc2cnc(F)c([C@@]3(C)C[C@@H](C(F)(F)F)OC(N)=N3)c2)nc1. The van der Waals surface area contributed by atoms with Crippen molar-refractivity contribution in [3.05, 3.63) is 47.8 Å². The molecule has 0 radical (unpaired) electrons. The van der Waals surface area contributed by atoms with E-state index in [0.29, 0.717) is 5.75 Å². The molecule has 160 valence electrons. The molecule has 0 saturated carbocycles. The van der Waals surface area contributed by atoms with E-state index < -0.39 is 42.1 Å². The van der Waals surface area contributed by atoms with Crippen LogP contribution >= 0.6 is 0 Å². The van der Waals surface area contributed by atoms with Crippen LogP contribution < -0.4 is 15.8 Å². The van der Waals surface area contributed by atoms with Gasteiger partial charge in [-0.1, -0.05) is 0 Å². The number of amides is 1. The van der Waals surface area contributed by atoms with Crippen molar-refractivity contribution >= 4 is 17.6 Å². The van der Waals surface area contributed by atoms with Crippen LogP contribution in [0.1, 0.15) is 29.4 Å². The third kappa shape index (κ3) is 4.42. The number of nitrogens with two attached hydrogens (primary N) is 1. The van der Waals surface area contributed by atoms with Crippen LogP contribution in [0, 0.1) is 5.95 Å². The first-order valence-corrected chi connectivity index (χ1v) is 8.58. The molecule has 2 aromatic rings. The summed E-state index contributed by atoms with van der Waals surface area (Å²) in [4.78, 5) is 23.7. The van der Waals surface area contributed by atoms with Crippen molar-refractivity contribution < 1.29 is 31.8 Å². The second-order valence-electron chi connectivity index (χ2n) is 6.68. The van der Waals surface area contributed by atoms with E-state index in [1.165, 1.54) is 32.4 Å². The van der Waals surface area contributed by atoms with Crippen LogP contribution in [0.3, 0.4) is 0 Å². The number of amidine groups is 1. The molecule has 0 aliphatic carbocycles. The lowest BCUT2D eigenvalue weighted by atomic mass is 9.86. The van der Waals surface area contributed by atoms with E-state index in [0.717, 1.165) is 12.3 Å². The highest BCUT2D eigenvalue weighted by Gasteiger charge is 2.50. The van der Waals surface area contributed by atoms with Crippen molar-refractivity contribution in [1.82, 2.24) is 9.97 Å². The minimum absolute atomic E-state index is 0.0401. The molecular formula is C18H17F4N5O3. The number of alkyl halides is 3. The monoisotopic (exact) mass is 427 g/mol. The van der Waals surface area contributed by atoms with Gasteiger partial charge in [-0.15, -0.1) is 0 Å². The Morgan fingerprint density at radius 2 is 2.07 bits per heavy atom. The maximum atomic E-state index is 14.4. The van der Waals surface area contributed by atoms with E-state index in [-0.39, 0.29) is 16.9 Å². The quantitative estimate of drug-likeness (QED) is 0.573. The molecule has 1 aliphatic rings. The molecule has 0 unspecified atom stereocenters. The number of nitrogens with zero attached hydrogens (tertiary/aromatic N) is 3. The molecule has 8 nitrogen and oxygen atoms in total. The molecule has 2 atom stereocenters. The number of methoxy groups -OCH3 is 1. The molecule has 30 heavy (non-hydrogen) atoms. The number of halogens is 4. The lowest BCUT2D eigenvalue weighted by Crippen LogP contribution is -2.46. The number of hydrogen-bond acceptors (Lipinski definition) is 7. The molecule has 1 aliphatic heterocycles. The first-order valence-electron chi connectivity index (χ1n) is 8.58. The van der Waals surface area contributed by atoms with Crippen molar-refractivity contribution in [3.8, 4) is 5.75 Å². The normalized spacial score (nSPS) is 21.4. The van der Waals surface area contributed by atoms with Gasteiger partial charge in [0.2, 0.25) is 5.95 Å². The minimum Gasteiger partial charge on any atom is -0.495 e. The van der Waals surface area contributed by atoms with Gasteiger partial charge < -0.3 is 20.5 Å². The Morgan fingerprint density at radius 1 is 1.33 bits per heavy atom. The van der Waals surface area contributed by atoms with Crippen LogP contribution in [0.4, 0.5) is 23.2 Å². The van der Waals surface area contributed by atoms with Gasteiger partial charge in [0.25, 0.3) is 11.9 Å². The molecule has 0 fully saturated rings. The number of aliphatic imine (C=N–C) groups is 1. The second kappa shape index (κ2) is 7.76. The van der Waals surface area contributed by atoms with Crippen LogP contribution in [0.2, 0.25) is 0 Å². The fraction of sp³-hybridized carbons (Fsp3) is 0.333. The Kier molecular flexibility index (Phi) is 5.51. The van der Waals surface area contributed by atoms with Crippen LogP contribution in [0.15, 0.2) is 35.6 Å². The summed E-state index contributed by atoms with van der Waals surface area (Å²) < 4.78 is 63.4. The topological polar surface area (TPSA) is 112 Å². The van der Waals surface area contributed by atoms with Crippen molar-refractivity contribution in [3.63, 3.8) is 0 Å². The highest BCUT2D eigenvalue weighted by molar-refractivity contribution is 6.02. The van der Waals surface area contributed by atoms with E-state index in [4.69, 9.17) is 10.5 Å². The Hall–Kier alpha value is -3.44. The van der Waals surface area contributed by atoms with Gasteiger partial charge in [0.05, 0.1) is 30.7 Å². The van der Waals surface area contributed by atoms with Gasteiger partial charge in [-0.05, 0) is 25.1 Å². The number of rotatable bonds is 4. The van der Waals surface area contributed by atoms with Crippen molar-refractivity contribution in [2.45, 2.75) is 31.2 Å². The number of carbonyl (C=O) groups is 1. The van der Waals surface area contributed by atoms with Crippen LogP contribution in [0.5, 0.6) is 5.75 Å². The van der Waals surface area contributed by atoms with Gasteiger partial charge in [-0.25, -0.2) is 15.0 Å². The molecule has 1 amide bonds. The van der Waals surface area contributed by atoms with Gasteiger partial charge >= 0.3 is 6.18 Å². The highest BCUT2D eigenvalue weighted by Crippen LogP contribution is 2.40. The largest absolute Gasteiger partial charge is 0.495 e. The Labute approximate surface area is 168 Å². The van der Waals surface area contributed by atoms with Crippen molar-refractivity contribution in [2.75, 3.05) is 12.4 Å². The van der Waals surface area contributed by atoms with E-state index in [1.807, 2.05) is 0 Å². The summed E-state index contributed by atoms with van der Waals surface area (Å²) in [6.07, 6.45) is -5.34. The number of pyridine rings is 2. The Bertz CT molecular complexity index is 981. The number of nitrogens with one attached hydrogen (secondary N) is 1. The molecule has 3 rings (SSSR count). The number of hydrogen-bond donors (Lipinski definition) is 2. The maximum Gasteiger partial charge on any atom is 0.425 e. The third-order valence-corrected chi connectivity index (χ3v) is 4.45. The molecule has 0 saturated heterocycles. The standard InChI is InChI=1S/C18H17F4N5O3/c1-17(6-13(18(20,21)22)30-16(23)27-17)11-5-9(7-25-14(11)19)26-15(28)12-4-3-10(29-2)8-24-12/h3-5,7-8,13H,6H2,1-2H3,(H2,23,27)(H,26,28)/t13-,17+/m0/s1. The number of anilines is 1. The van der Waals surface area contributed by atoms with Gasteiger partial charge in [0.1, 0.15) is 11.4 Å². The maximum absolute atomic E-state index is 14.4. The van der Waals surface area contributed by atoms with Gasteiger partial charge in [-0.2, -0.15) is 17.6 Å².